The molecule has 226 valence electrons. The number of carbonyl (C=O) groups excluding carboxylic acids is 2. The highest BCUT2D eigenvalue weighted by Gasteiger charge is 2.34. The summed E-state index contributed by atoms with van der Waals surface area (Å²) in [6, 6.07) is 5.64. The van der Waals surface area contributed by atoms with Crippen LogP contribution in [0.3, 0.4) is 0 Å². The predicted octanol–water partition coefficient (Wildman–Crippen LogP) is 2.49. The Morgan fingerprint density at radius 1 is 1.16 bits per heavy atom. The Morgan fingerprint density at radius 2 is 1.93 bits per heavy atom. The van der Waals surface area contributed by atoms with Crippen molar-refractivity contribution in [1.29, 1.82) is 0 Å². The average Bonchev–Trinajstić information content (AvgIpc) is 3.36. The molecule has 2 atom stereocenters. The number of aromatic nitrogens is 5. The number of ether oxygens (including phenoxy) is 2. The normalized spacial score (nSPS) is 16.4. The van der Waals surface area contributed by atoms with Crippen molar-refractivity contribution >= 4 is 40.2 Å². The molecule has 4 aromatic rings. The number of rotatable bonds is 7. The van der Waals surface area contributed by atoms with E-state index in [1.54, 1.807) is 41.0 Å². The van der Waals surface area contributed by atoms with Gasteiger partial charge in [0.25, 0.3) is 17.0 Å². The highest BCUT2D eigenvalue weighted by Crippen LogP contribution is 2.32. The number of fused-ring (bicyclic) bond motifs is 1. The molecule has 0 radical (unpaired) electrons. The summed E-state index contributed by atoms with van der Waals surface area (Å²) >= 11 is 0. The maximum atomic E-state index is 13.4. The van der Waals surface area contributed by atoms with Crippen LogP contribution in [-0.2, 0) is 16.5 Å². The van der Waals surface area contributed by atoms with Crippen molar-refractivity contribution in [2.75, 3.05) is 24.4 Å². The van der Waals surface area contributed by atoms with Crippen molar-refractivity contribution in [2.45, 2.75) is 51.4 Å². The van der Waals surface area contributed by atoms with Crippen molar-refractivity contribution in [3.63, 3.8) is 0 Å². The van der Waals surface area contributed by atoms with Crippen molar-refractivity contribution in [2.24, 2.45) is 7.05 Å². The van der Waals surface area contributed by atoms with Crippen molar-refractivity contribution in [3.8, 4) is 5.82 Å². The minimum absolute atomic E-state index is 0.0608. The molecule has 1 aliphatic rings. The Morgan fingerprint density at radius 3 is 2.58 bits per heavy atom. The number of pyridine rings is 2. The van der Waals surface area contributed by atoms with Crippen molar-refractivity contribution < 1.29 is 23.6 Å². The van der Waals surface area contributed by atoms with E-state index in [-0.39, 0.29) is 57.5 Å². The predicted molar refractivity (Wildman–Crippen MR) is 156 cm³/mol. The zero-order valence-electron chi connectivity index (χ0n) is 24.6. The van der Waals surface area contributed by atoms with Crippen LogP contribution >= 0.6 is 0 Å². The molecule has 15 nitrogen and oxygen atoms in total. The number of amides is 2. The van der Waals surface area contributed by atoms with Crippen molar-refractivity contribution in [3.05, 3.63) is 63.3 Å². The van der Waals surface area contributed by atoms with Gasteiger partial charge in [0.15, 0.2) is 5.52 Å². The molecule has 2 amide bonds. The molecule has 2 N–H and O–H groups in total. The Kier molecular flexibility index (Phi) is 7.75. The molecule has 4 aromatic heterocycles. The number of methoxy groups -OCH3 is 1. The number of anilines is 3. The topological polar surface area (TPSA) is 176 Å². The number of carbonyl (C=O) groups is 2. The lowest BCUT2D eigenvalue weighted by Crippen LogP contribution is -2.51. The molecule has 43 heavy (non-hydrogen) atoms. The Labute approximate surface area is 245 Å². The fourth-order valence-corrected chi connectivity index (χ4v) is 4.45. The van der Waals surface area contributed by atoms with E-state index in [2.05, 4.69) is 25.8 Å². The van der Waals surface area contributed by atoms with Crippen LogP contribution in [0.5, 0.6) is 0 Å². The zero-order valence-corrected chi connectivity index (χ0v) is 24.6. The fraction of sp³-hybridized carbons (Fsp3) is 0.393. The van der Waals surface area contributed by atoms with Crippen LogP contribution in [0, 0.1) is 0 Å². The van der Waals surface area contributed by atoms with Gasteiger partial charge in [-0.2, -0.15) is 0 Å². The summed E-state index contributed by atoms with van der Waals surface area (Å²) in [5, 5.41) is 9.89. The first-order valence-corrected chi connectivity index (χ1v) is 13.5. The summed E-state index contributed by atoms with van der Waals surface area (Å²) in [4.78, 5) is 61.7. The lowest BCUT2D eigenvalue weighted by Gasteiger charge is -2.35. The van der Waals surface area contributed by atoms with Crippen LogP contribution in [0.2, 0.25) is 0 Å². The van der Waals surface area contributed by atoms with E-state index in [1.165, 1.54) is 51.8 Å². The summed E-state index contributed by atoms with van der Waals surface area (Å²) in [5.41, 5.74) is -1.15. The Balaban J connectivity index is 1.56. The second-order valence-electron chi connectivity index (χ2n) is 11.1. The summed E-state index contributed by atoms with van der Waals surface area (Å²) in [6.07, 6.45) is 3.55. The van der Waals surface area contributed by atoms with Gasteiger partial charge in [0.2, 0.25) is 5.76 Å². The smallest absolute Gasteiger partial charge is 0.414 e. The van der Waals surface area contributed by atoms with Gasteiger partial charge in [-0.3, -0.25) is 23.9 Å². The molecule has 0 unspecified atom stereocenters. The van der Waals surface area contributed by atoms with Crippen LogP contribution in [0.25, 0.3) is 16.9 Å². The highest BCUT2D eigenvalue weighted by molar-refractivity contribution is 6.07. The molecular weight excluding hydrogens is 560 g/mol. The summed E-state index contributed by atoms with van der Waals surface area (Å²) in [5.74, 6) is -0.480. The van der Waals surface area contributed by atoms with Gasteiger partial charge in [-0.15, -0.1) is 0 Å². The maximum Gasteiger partial charge on any atom is 0.414 e. The van der Waals surface area contributed by atoms with Gasteiger partial charge in [0, 0.05) is 39.5 Å². The van der Waals surface area contributed by atoms with Gasteiger partial charge in [-0.05, 0) is 45.7 Å². The molecule has 5 rings (SSSR count). The van der Waals surface area contributed by atoms with E-state index < -0.39 is 23.2 Å². The third-order valence-corrected chi connectivity index (χ3v) is 6.90. The van der Waals surface area contributed by atoms with E-state index in [1.807, 2.05) is 0 Å². The Bertz CT molecular complexity index is 1820. The SMILES string of the molecule is CO[C@@H]1CC[C@H]1NC(=O)c1onc2c(N(C)C(=O)OC(C)(C)C)cc(Nc3cccn(-c4cc(=O)n(C)cn4)c3=O)nc12. The third-order valence-electron chi connectivity index (χ3n) is 6.90. The number of nitrogens with one attached hydrogen (secondary N) is 2. The minimum atomic E-state index is -0.782. The van der Waals surface area contributed by atoms with Gasteiger partial charge in [-0.1, -0.05) is 5.16 Å². The molecule has 0 spiro atoms. The van der Waals surface area contributed by atoms with Crippen LogP contribution in [0.15, 0.2) is 50.9 Å². The minimum Gasteiger partial charge on any atom is -0.443 e. The van der Waals surface area contributed by atoms with E-state index in [4.69, 9.17) is 14.0 Å². The standard InChI is InChI=1S/C28H32N8O7/c1-28(2,3)42-27(40)35(5)17-12-19(30-16-8-7-11-36(26(16)39)20-13-21(37)34(4)14-29-20)32-23-22(17)33-43-24(23)25(38)31-15-9-10-18(15)41-6/h7-8,11-15,18H,9-10H2,1-6H3,(H,30,32)(H,31,38)/t15-,18-/m1/s1. The van der Waals surface area contributed by atoms with E-state index in [0.717, 1.165) is 12.8 Å². The zero-order chi connectivity index (χ0) is 31.1. The molecule has 0 saturated heterocycles. The van der Waals surface area contributed by atoms with Gasteiger partial charge in [-0.25, -0.2) is 14.8 Å². The van der Waals surface area contributed by atoms with Gasteiger partial charge >= 0.3 is 6.09 Å². The first kappa shape index (κ1) is 29.4. The van der Waals surface area contributed by atoms with E-state index in [9.17, 15) is 19.2 Å². The van der Waals surface area contributed by atoms with Crippen LogP contribution in [0.1, 0.15) is 44.2 Å². The quantitative estimate of drug-likeness (QED) is 0.322. The van der Waals surface area contributed by atoms with Gasteiger partial charge < -0.3 is 29.2 Å². The summed E-state index contributed by atoms with van der Waals surface area (Å²) < 4.78 is 18.8. The van der Waals surface area contributed by atoms with Gasteiger partial charge in [0.1, 0.15) is 28.4 Å². The van der Waals surface area contributed by atoms with Crippen molar-refractivity contribution in [1.82, 2.24) is 29.6 Å². The second kappa shape index (κ2) is 11.3. The molecule has 4 heterocycles. The maximum absolute atomic E-state index is 13.4. The molecule has 1 fully saturated rings. The molecule has 0 bridgehead atoms. The molecule has 1 aliphatic carbocycles. The largest absolute Gasteiger partial charge is 0.443 e. The number of hydrogen-bond acceptors (Lipinski definition) is 11. The monoisotopic (exact) mass is 592 g/mol. The number of aryl methyl sites for hydroxylation is 1. The van der Waals surface area contributed by atoms with Gasteiger partial charge in [0.05, 0.1) is 24.2 Å². The van der Waals surface area contributed by atoms with Crippen LogP contribution in [-0.4, -0.2) is 68.2 Å². The fourth-order valence-electron chi connectivity index (χ4n) is 4.45. The van der Waals surface area contributed by atoms with Crippen LogP contribution in [0.4, 0.5) is 22.0 Å². The third kappa shape index (κ3) is 5.97. The number of nitrogens with zero attached hydrogens (tertiary/aromatic N) is 6. The lowest BCUT2D eigenvalue weighted by molar-refractivity contribution is 0.00677. The highest BCUT2D eigenvalue weighted by atomic mass is 16.6. The molecule has 1 saturated carbocycles. The molecule has 15 heteroatoms. The molecule has 0 aromatic carbocycles. The first-order valence-electron chi connectivity index (χ1n) is 13.5. The summed E-state index contributed by atoms with van der Waals surface area (Å²) in [7, 11) is 4.61. The number of hydrogen-bond donors (Lipinski definition) is 2. The second-order valence-corrected chi connectivity index (χ2v) is 11.1. The Hall–Kier alpha value is -5.05. The molecular formula is C28H32N8O7. The summed E-state index contributed by atoms with van der Waals surface area (Å²) in [6.45, 7) is 5.20. The van der Waals surface area contributed by atoms with E-state index in [0.29, 0.717) is 0 Å². The molecule has 0 aliphatic heterocycles. The average molecular weight is 593 g/mol. The lowest BCUT2D eigenvalue weighted by atomic mass is 9.89. The van der Waals surface area contributed by atoms with E-state index >= 15 is 0 Å². The van der Waals surface area contributed by atoms with Crippen LogP contribution < -0.4 is 26.7 Å². The first-order chi connectivity index (χ1) is 20.4.